The second-order valence-corrected chi connectivity index (χ2v) is 6.10. The van der Waals surface area contributed by atoms with Crippen LogP contribution >= 0.6 is 11.6 Å². The minimum atomic E-state index is 0.695. The Hall–Kier alpha value is -0.570. The molecule has 0 aromatic heterocycles. The van der Waals surface area contributed by atoms with Gasteiger partial charge >= 0.3 is 0 Å². The van der Waals surface area contributed by atoms with Gasteiger partial charge in [-0.3, -0.25) is 0 Å². The first-order valence-corrected chi connectivity index (χ1v) is 7.80. The number of benzene rings is 1. The van der Waals surface area contributed by atoms with Crippen molar-refractivity contribution in [3.8, 4) is 0 Å². The monoisotopic (exact) mass is 280 g/mol. The molecule has 0 bridgehead atoms. The molecule has 0 saturated carbocycles. The van der Waals surface area contributed by atoms with E-state index in [1.165, 1.54) is 44.5 Å². The number of piperidine rings is 1. The van der Waals surface area contributed by atoms with Gasteiger partial charge in [0.1, 0.15) is 0 Å². The molecule has 1 aliphatic heterocycles. The largest absolute Gasteiger partial charge is 0.312 e. The first kappa shape index (κ1) is 14.8. The van der Waals surface area contributed by atoms with Crippen molar-refractivity contribution in [2.45, 2.75) is 32.7 Å². The molecule has 1 aromatic carbocycles. The Morgan fingerprint density at radius 2 is 1.95 bits per heavy atom. The topological polar surface area (TPSA) is 15.3 Å². The molecule has 1 heterocycles. The highest BCUT2D eigenvalue weighted by Gasteiger charge is 2.13. The Morgan fingerprint density at radius 1 is 1.21 bits per heavy atom. The maximum atomic E-state index is 6.15. The summed E-state index contributed by atoms with van der Waals surface area (Å²) in [6.45, 7) is 8.04. The van der Waals surface area contributed by atoms with Gasteiger partial charge in [0.2, 0.25) is 0 Å². The molecule has 0 amide bonds. The van der Waals surface area contributed by atoms with Gasteiger partial charge in [-0.1, -0.05) is 43.1 Å². The smallest absolute Gasteiger partial charge is 0.0450 e. The van der Waals surface area contributed by atoms with E-state index in [1.54, 1.807) is 0 Å². The number of halogens is 1. The van der Waals surface area contributed by atoms with E-state index >= 15 is 0 Å². The fourth-order valence-electron chi connectivity index (χ4n) is 2.74. The van der Waals surface area contributed by atoms with E-state index in [-0.39, 0.29) is 0 Å². The molecule has 3 heteroatoms. The summed E-state index contributed by atoms with van der Waals surface area (Å²) < 4.78 is 0. The van der Waals surface area contributed by atoms with Crippen molar-refractivity contribution in [3.05, 3.63) is 34.9 Å². The van der Waals surface area contributed by atoms with Gasteiger partial charge in [0, 0.05) is 18.1 Å². The first-order chi connectivity index (χ1) is 9.25. The highest BCUT2D eigenvalue weighted by atomic mass is 35.5. The predicted octanol–water partition coefficient (Wildman–Crippen LogP) is 3.55. The van der Waals surface area contributed by atoms with Crippen molar-refractivity contribution in [1.82, 2.24) is 10.2 Å². The van der Waals surface area contributed by atoms with Crippen molar-refractivity contribution < 1.29 is 0 Å². The van der Waals surface area contributed by atoms with Crippen molar-refractivity contribution in [3.63, 3.8) is 0 Å². The zero-order valence-corrected chi connectivity index (χ0v) is 12.6. The van der Waals surface area contributed by atoms with Crippen molar-refractivity contribution >= 4 is 11.6 Å². The SMILES string of the molecule is CC(CNCc1ccccc1Cl)CN1CCCCC1. The summed E-state index contributed by atoms with van der Waals surface area (Å²) in [7, 11) is 0. The van der Waals surface area contributed by atoms with E-state index in [0.29, 0.717) is 5.92 Å². The highest BCUT2D eigenvalue weighted by molar-refractivity contribution is 6.31. The zero-order chi connectivity index (χ0) is 13.5. The van der Waals surface area contributed by atoms with E-state index in [2.05, 4.69) is 23.2 Å². The van der Waals surface area contributed by atoms with Crippen LogP contribution in [-0.2, 0) is 6.54 Å². The van der Waals surface area contributed by atoms with Gasteiger partial charge in [-0.25, -0.2) is 0 Å². The van der Waals surface area contributed by atoms with Gasteiger partial charge in [0.15, 0.2) is 0 Å². The van der Waals surface area contributed by atoms with Gasteiger partial charge in [0.05, 0.1) is 0 Å². The molecule has 1 saturated heterocycles. The van der Waals surface area contributed by atoms with Gasteiger partial charge in [0.25, 0.3) is 0 Å². The van der Waals surface area contributed by atoms with Crippen molar-refractivity contribution in [2.24, 2.45) is 5.92 Å². The summed E-state index contributed by atoms with van der Waals surface area (Å²) in [6, 6.07) is 8.06. The average Bonchev–Trinajstić information content (AvgIpc) is 2.42. The van der Waals surface area contributed by atoms with Gasteiger partial charge in [-0.05, 0) is 50.0 Å². The van der Waals surface area contributed by atoms with Crippen LogP contribution < -0.4 is 5.32 Å². The van der Waals surface area contributed by atoms with Gasteiger partial charge in [-0.2, -0.15) is 0 Å². The maximum absolute atomic E-state index is 6.15. The lowest BCUT2D eigenvalue weighted by Gasteiger charge is -2.29. The third kappa shape index (κ3) is 5.13. The van der Waals surface area contributed by atoms with E-state index in [9.17, 15) is 0 Å². The zero-order valence-electron chi connectivity index (χ0n) is 11.9. The summed E-state index contributed by atoms with van der Waals surface area (Å²) in [4.78, 5) is 2.60. The summed E-state index contributed by atoms with van der Waals surface area (Å²) >= 11 is 6.15. The number of rotatable bonds is 6. The molecular weight excluding hydrogens is 256 g/mol. The van der Waals surface area contributed by atoms with Crippen LogP contribution in [0.25, 0.3) is 0 Å². The minimum Gasteiger partial charge on any atom is -0.312 e. The van der Waals surface area contributed by atoms with E-state index in [4.69, 9.17) is 11.6 Å². The van der Waals surface area contributed by atoms with E-state index in [1.807, 2.05) is 18.2 Å². The molecule has 19 heavy (non-hydrogen) atoms. The third-order valence-electron chi connectivity index (χ3n) is 3.78. The number of hydrogen-bond acceptors (Lipinski definition) is 2. The lowest BCUT2D eigenvalue weighted by Crippen LogP contribution is -2.36. The van der Waals surface area contributed by atoms with Crippen LogP contribution in [0.1, 0.15) is 31.7 Å². The Bertz CT molecular complexity index is 375. The van der Waals surface area contributed by atoms with Crippen molar-refractivity contribution in [2.75, 3.05) is 26.2 Å². The summed E-state index contributed by atoms with van der Waals surface area (Å²) in [5.41, 5.74) is 1.19. The second kappa shape index (κ2) is 7.88. The standard InChI is InChI=1S/C16H25ClN2/c1-14(13-19-9-5-2-6-10-19)11-18-12-15-7-3-4-8-16(15)17/h3-4,7-8,14,18H,2,5-6,9-13H2,1H3. The normalized spacial score (nSPS) is 18.4. The minimum absolute atomic E-state index is 0.695. The third-order valence-corrected chi connectivity index (χ3v) is 4.15. The molecule has 2 nitrogen and oxygen atoms in total. The number of likely N-dealkylation sites (tertiary alicyclic amines) is 1. The Balaban J connectivity index is 1.66. The molecule has 106 valence electrons. The molecule has 0 radical (unpaired) electrons. The molecule has 1 aromatic rings. The molecule has 1 unspecified atom stereocenters. The predicted molar refractivity (Wildman–Crippen MR) is 82.6 cm³/mol. The first-order valence-electron chi connectivity index (χ1n) is 7.42. The molecule has 0 spiro atoms. The second-order valence-electron chi connectivity index (χ2n) is 5.69. The molecule has 1 fully saturated rings. The molecule has 0 aliphatic carbocycles. The van der Waals surface area contributed by atoms with E-state index < -0.39 is 0 Å². The highest BCUT2D eigenvalue weighted by Crippen LogP contribution is 2.14. The molecular formula is C16H25ClN2. The Labute approximate surface area is 122 Å². The number of hydrogen-bond donors (Lipinski definition) is 1. The summed E-state index contributed by atoms with van der Waals surface area (Å²) in [5, 5.41) is 4.38. The fraction of sp³-hybridized carbons (Fsp3) is 0.625. The molecule has 1 N–H and O–H groups in total. The Kier molecular flexibility index (Phi) is 6.15. The molecule has 1 atom stereocenters. The Morgan fingerprint density at radius 3 is 2.68 bits per heavy atom. The van der Waals surface area contributed by atoms with Crippen LogP contribution in [0.4, 0.5) is 0 Å². The van der Waals surface area contributed by atoms with E-state index in [0.717, 1.165) is 18.1 Å². The van der Waals surface area contributed by atoms with Crippen LogP contribution in [0, 0.1) is 5.92 Å². The lowest BCUT2D eigenvalue weighted by atomic mass is 10.1. The quantitative estimate of drug-likeness (QED) is 0.857. The summed E-state index contributed by atoms with van der Waals surface area (Å²) in [6.07, 6.45) is 4.16. The van der Waals surface area contributed by atoms with Crippen LogP contribution in [0.15, 0.2) is 24.3 Å². The van der Waals surface area contributed by atoms with Crippen molar-refractivity contribution in [1.29, 1.82) is 0 Å². The van der Waals surface area contributed by atoms with Crippen LogP contribution in [0.3, 0.4) is 0 Å². The van der Waals surface area contributed by atoms with Crippen LogP contribution in [-0.4, -0.2) is 31.1 Å². The van der Waals surface area contributed by atoms with Crippen LogP contribution in [0.2, 0.25) is 5.02 Å². The van der Waals surface area contributed by atoms with Gasteiger partial charge in [-0.15, -0.1) is 0 Å². The molecule has 1 aliphatic rings. The maximum Gasteiger partial charge on any atom is 0.0450 e. The fourth-order valence-corrected chi connectivity index (χ4v) is 2.94. The number of nitrogens with one attached hydrogen (secondary N) is 1. The summed E-state index contributed by atoms with van der Waals surface area (Å²) in [5.74, 6) is 0.695. The lowest BCUT2D eigenvalue weighted by molar-refractivity contribution is 0.199. The molecule has 2 rings (SSSR count). The number of nitrogens with zero attached hydrogens (tertiary/aromatic N) is 1. The van der Waals surface area contributed by atoms with Gasteiger partial charge < -0.3 is 10.2 Å². The average molecular weight is 281 g/mol. The van der Waals surface area contributed by atoms with Crippen LogP contribution in [0.5, 0.6) is 0 Å².